The van der Waals surface area contributed by atoms with Crippen LogP contribution < -0.4 is 5.73 Å². The van der Waals surface area contributed by atoms with Gasteiger partial charge in [-0.2, -0.15) is 0 Å². The van der Waals surface area contributed by atoms with Crippen molar-refractivity contribution in [2.45, 2.75) is 104 Å². The molecule has 2 aliphatic carbocycles. The summed E-state index contributed by atoms with van der Waals surface area (Å²) >= 11 is 0. The molecule has 3 rings (SSSR count). The molecule has 2 atom stereocenters. The molecule has 208 valence electrons. The summed E-state index contributed by atoms with van der Waals surface area (Å²) in [5.74, 6) is 4.52. The standard InChI is InChI=1S/C14H18O2.C9H16O.C8H13N.C2H6/c15-13(16)14(10-6-1-2-7-11-14)12-8-4-3-5-9-12;1-4-7-9(6-3)10-8-5-2;1-2-7-3-4-8(7)5-6-9;1-2/h3-5,8-9H,1-2,6-7,10-11H2,(H,15,16);4,6-7H,5,8H2,1-3H3;1,7-8H,3-6,9H2;1-2H3/p+1/b;7-4-,9-6+;;. The Morgan fingerprint density at radius 2 is 1.76 bits per heavy atom. The Hall–Kier alpha value is -2.51. The molecule has 0 amide bonds. The van der Waals surface area contributed by atoms with Gasteiger partial charge in [-0.05, 0) is 69.6 Å². The van der Waals surface area contributed by atoms with E-state index in [9.17, 15) is 9.90 Å². The summed E-state index contributed by atoms with van der Waals surface area (Å²) in [7, 11) is 0. The summed E-state index contributed by atoms with van der Waals surface area (Å²) in [6.45, 7) is 11.9. The van der Waals surface area contributed by atoms with Crippen LogP contribution in [0, 0.1) is 24.2 Å². The van der Waals surface area contributed by atoms with E-state index in [1.54, 1.807) is 0 Å². The number of aliphatic carboxylic acids is 1. The fraction of sp³-hybridized carbons (Fsp3) is 0.606. The summed E-state index contributed by atoms with van der Waals surface area (Å²) in [4.78, 5) is 11.6. The number of hydrogen-bond donors (Lipinski definition) is 2. The summed E-state index contributed by atoms with van der Waals surface area (Å²) in [6, 6.07) is 9.73. The van der Waals surface area contributed by atoms with E-state index in [1.807, 2.05) is 76.3 Å². The van der Waals surface area contributed by atoms with Crippen LogP contribution in [0.5, 0.6) is 0 Å². The first-order valence-corrected chi connectivity index (χ1v) is 14.4. The molecule has 0 saturated heterocycles. The third-order valence-corrected chi connectivity index (χ3v) is 6.99. The molecule has 1 aromatic rings. The summed E-state index contributed by atoms with van der Waals surface area (Å²) < 4.78 is 5.36. The fourth-order valence-corrected chi connectivity index (χ4v) is 4.72. The highest BCUT2D eigenvalue weighted by Crippen LogP contribution is 2.38. The number of benzene rings is 1. The van der Waals surface area contributed by atoms with E-state index in [-0.39, 0.29) is 0 Å². The van der Waals surface area contributed by atoms with Gasteiger partial charge in [0.25, 0.3) is 0 Å². The van der Waals surface area contributed by atoms with Crippen molar-refractivity contribution in [1.29, 1.82) is 0 Å². The SMILES string of the molecule is C#CC1CCC1CC[NH3+].C/C=C\C(=C/C)OCCC.CC.O=C(O)C1(c2ccccc2)CCCCCC1. The highest BCUT2D eigenvalue weighted by Gasteiger charge is 2.40. The average molecular weight is 513 g/mol. The van der Waals surface area contributed by atoms with Crippen molar-refractivity contribution in [2.75, 3.05) is 13.2 Å². The monoisotopic (exact) mass is 512 g/mol. The summed E-state index contributed by atoms with van der Waals surface area (Å²) in [5, 5.41) is 9.57. The van der Waals surface area contributed by atoms with Crippen LogP contribution in [-0.4, -0.2) is 24.2 Å². The first-order valence-electron chi connectivity index (χ1n) is 14.4. The van der Waals surface area contributed by atoms with E-state index in [1.165, 1.54) is 32.1 Å². The van der Waals surface area contributed by atoms with E-state index in [0.717, 1.165) is 62.5 Å². The first-order chi connectivity index (χ1) is 18.0. The van der Waals surface area contributed by atoms with E-state index in [4.69, 9.17) is 11.2 Å². The Morgan fingerprint density at radius 3 is 2.16 bits per heavy atom. The number of ether oxygens (including phenoxy) is 1. The number of hydrogen-bond acceptors (Lipinski definition) is 2. The number of carbonyl (C=O) groups is 1. The average Bonchev–Trinajstić information content (AvgIpc) is 3.19. The first kappa shape index (κ1) is 34.5. The van der Waals surface area contributed by atoms with Gasteiger partial charge in [0.15, 0.2) is 0 Å². The van der Waals surface area contributed by atoms with Crippen molar-refractivity contribution >= 4 is 5.97 Å². The van der Waals surface area contributed by atoms with E-state index in [2.05, 4.69) is 18.6 Å². The minimum Gasteiger partial charge on any atom is -0.494 e. The molecule has 2 saturated carbocycles. The van der Waals surface area contributed by atoms with Gasteiger partial charge in [0.05, 0.1) is 18.6 Å². The predicted molar refractivity (Wildman–Crippen MR) is 157 cm³/mol. The van der Waals surface area contributed by atoms with Crippen LogP contribution in [0.1, 0.15) is 104 Å². The zero-order chi connectivity index (χ0) is 27.9. The van der Waals surface area contributed by atoms with Gasteiger partial charge in [-0.25, -0.2) is 0 Å². The number of allylic oxidation sites excluding steroid dienone is 3. The Morgan fingerprint density at radius 1 is 1.14 bits per heavy atom. The van der Waals surface area contributed by atoms with Gasteiger partial charge in [-0.1, -0.05) is 82.9 Å². The number of terminal acetylenes is 1. The molecule has 0 aliphatic heterocycles. The van der Waals surface area contributed by atoms with Crippen LogP contribution in [-0.2, 0) is 14.9 Å². The second kappa shape index (κ2) is 21.6. The molecule has 2 unspecified atom stereocenters. The number of carboxylic acid groups (broad SMARTS) is 1. The number of quaternary nitrogens is 1. The summed E-state index contributed by atoms with van der Waals surface area (Å²) in [6.07, 6.45) is 22.0. The molecule has 0 spiro atoms. The second-order valence-corrected chi connectivity index (χ2v) is 9.46. The molecule has 4 nitrogen and oxygen atoms in total. The lowest BCUT2D eigenvalue weighted by molar-refractivity contribution is -0.371. The lowest BCUT2D eigenvalue weighted by Gasteiger charge is -2.31. The number of carboxylic acids is 1. The zero-order valence-corrected chi connectivity index (χ0v) is 24.3. The van der Waals surface area contributed by atoms with Crippen molar-refractivity contribution in [2.24, 2.45) is 11.8 Å². The van der Waals surface area contributed by atoms with Crippen LogP contribution in [0.15, 0.2) is 54.3 Å². The van der Waals surface area contributed by atoms with E-state index in [0.29, 0.717) is 5.92 Å². The molecular formula is C33H54NO3+. The van der Waals surface area contributed by atoms with Gasteiger partial charge < -0.3 is 15.6 Å². The third-order valence-electron chi connectivity index (χ3n) is 6.99. The van der Waals surface area contributed by atoms with Crippen molar-refractivity contribution < 1.29 is 20.4 Å². The van der Waals surface area contributed by atoms with Gasteiger partial charge >= 0.3 is 5.97 Å². The van der Waals surface area contributed by atoms with Crippen molar-refractivity contribution in [1.82, 2.24) is 0 Å². The maximum atomic E-state index is 11.6. The van der Waals surface area contributed by atoms with Crippen LogP contribution in [0.4, 0.5) is 0 Å². The van der Waals surface area contributed by atoms with Crippen molar-refractivity contribution in [3.8, 4) is 12.3 Å². The molecule has 4 heteroatoms. The second-order valence-electron chi connectivity index (χ2n) is 9.46. The molecular weight excluding hydrogens is 458 g/mol. The lowest BCUT2D eigenvalue weighted by atomic mass is 9.72. The molecule has 37 heavy (non-hydrogen) atoms. The molecule has 0 radical (unpaired) electrons. The smallest absolute Gasteiger partial charge is 0.314 e. The Bertz CT molecular complexity index is 799. The minimum absolute atomic E-state index is 0.590. The van der Waals surface area contributed by atoms with Crippen LogP contribution >= 0.6 is 0 Å². The van der Waals surface area contributed by atoms with Gasteiger partial charge in [-0.15, -0.1) is 12.3 Å². The topological polar surface area (TPSA) is 74.2 Å². The Balaban J connectivity index is 0.000000537. The largest absolute Gasteiger partial charge is 0.494 e. The number of rotatable bonds is 8. The minimum atomic E-state index is -0.652. The van der Waals surface area contributed by atoms with Gasteiger partial charge in [0.1, 0.15) is 5.76 Å². The molecule has 4 N–H and O–H groups in total. The molecule has 0 aromatic heterocycles. The van der Waals surface area contributed by atoms with Gasteiger partial charge in [0, 0.05) is 12.3 Å². The third kappa shape index (κ3) is 12.5. The van der Waals surface area contributed by atoms with Crippen molar-refractivity contribution in [3.63, 3.8) is 0 Å². The molecule has 1 aromatic carbocycles. The van der Waals surface area contributed by atoms with Crippen LogP contribution in [0.2, 0.25) is 0 Å². The van der Waals surface area contributed by atoms with Crippen molar-refractivity contribution in [3.05, 3.63) is 59.9 Å². The highest BCUT2D eigenvalue weighted by molar-refractivity contribution is 5.81. The maximum absolute atomic E-state index is 11.6. The zero-order valence-electron chi connectivity index (χ0n) is 24.3. The lowest BCUT2D eigenvalue weighted by Crippen LogP contribution is -2.51. The Labute approximate surface area is 227 Å². The normalized spacial score (nSPS) is 20.2. The molecule has 2 fully saturated rings. The Kier molecular flexibility index (Phi) is 20.1. The fourth-order valence-electron chi connectivity index (χ4n) is 4.72. The molecule has 0 bridgehead atoms. The molecule has 2 aliphatic rings. The van der Waals surface area contributed by atoms with E-state index >= 15 is 0 Å². The van der Waals surface area contributed by atoms with Gasteiger partial charge in [-0.3, -0.25) is 4.79 Å². The highest BCUT2D eigenvalue weighted by atomic mass is 16.5. The van der Waals surface area contributed by atoms with Crippen LogP contribution in [0.3, 0.4) is 0 Å². The summed E-state index contributed by atoms with van der Waals surface area (Å²) in [5.41, 5.74) is 4.16. The van der Waals surface area contributed by atoms with Gasteiger partial charge in [0.2, 0.25) is 0 Å². The maximum Gasteiger partial charge on any atom is 0.314 e. The molecule has 0 heterocycles. The van der Waals surface area contributed by atoms with Crippen LogP contribution in [0.25, 0.3) is 0 Å². The van der Waals surface area contributed by atoms with E-state index < -0.39 is 11.4 Å². The predicted octanol–water partition coefficient (Wildman–Crippen LogP) is 7.56. The quantitative estimate of drug-likeness (QED) is 0.163.